The Kier molecular flexibility index (Phi) is 4.22. The Morgan fingerprint density at radius 2 is 1.71 bits per heavy atom. The van der Waals surface area contributed by atoms with Crippen LogP contribution < -0.4 is 10.1 Å². The van der Waals surface area contributed by atoms with E-state index >= 15 is 0 Å². The molecule has 7 heteroatoms. The highest BCUT2D eigenvalue weighted by Crippen LogP contribution is 2.69. The molecule has 1 spiro atoms. The molecule has 4 heterocycles. The van der Waals surface area contributed by atoms with Crippen LogP contribution in [0.4, 0.5) is 5.69 Å². The van der Waals surface area contributed by atoms with Crippen molar-refractivity contribution in [3.8, 4) is 5.75 Å². The molecule has 0 saturated carbocycles. The van der Waals surface area contributed by atoms with E-state index < -0.39 is 29.1 Å². The number of ether oxygens (including phenoxy) is 1. The third kappa shape index (κ3) is 2.36. The summed E-state index contributed by atoms with van der Waals surface area (Å²) in [5, 5.41) is 16.6. The molecule has 7 rings (SSSR count). The van der Waals surface area contributed by atoms with Gasteiger partial charge < -0.3 is 10.1 Å². The molecule has 2 fully saturated rings. The van der Waals surface area contributed by atoms with Gasteiger partial charge in [-0.15, -0.1) is 0 Å². The Hall–Kier alpha value is -3.71. The molecular formula is C28H25N3O4. The number of fused-ring (bicyclic) bond motifs is 9. The number of carbonyl (C=O) groups excluding carboxylic acids is 1. The largest absolute Gasteiger partial charge is 0.478 e. The molecule has 0 radical (unpaired) electrons. The number of nitrogens with one attached hydrogen (secondary N) is 1. The van der Waals surface area contributed by atoms with Crippen LogP contribution in [0, 0.1) is 10.1 Å². The van der Waals surface area contributed by atoms with Gasteiger partial charge in [0.25, 0.3) is 11.4 Å². The molecular weight excluding hydrogens is 442 g/mol. The summed E-state index contributed by atoms with van der Waals surface area (Å²) < 4.78 is 6.57. The number of amides is 1. The third-order valence-electron chi connectivity index (χ3n) is 8.62. The minimum Gasteiger partial charge on any atom is -0.478 e. The van der Waals surface area contributed by atoms with E-state index in [1.54, 1.807) is 0 Å². The molecule has 0 aromatic heterocycles. The summed E-state index contributed by atoms with van der Waals surface area (Å²) >= 11 is 0. The molecule has 1 amide bonds. The van der Waals surface area contributed by atoms with Crippen molar-refractivity contribution in [1.82, 2.24) is 4.90 Å². The third-order valence-corrected chi connectivity index (χ3v) is 8.62. The lowest BCUT2D eigenvalue weighted by Crippen LogP contribution is -2.60. The van der Waals surface area contributed by atoms with Gasteiger partial charge in [-0.1, -0.05) is 73.2 Å². The van der Waals surface area contributed by atoms with Gasteiger partial charge >= 0.3 is 0 Å². The van der Waals surface area contributed by atoms with Crippen molar-refractivity contribution in [2.75, 3.05) is 11.9 Å². The van der Waals surface area contributed by atoms with Crippen LogP contribution in [0.5, 0.6) is 5.75 Å². The smallest absolute Gasteiger partial charge is 0.287 e. The molecule has 7 nitrogen and oxygen atoms in total. The first-order valence-corrected chi connectivity index (χ1v) is 12.2. The maximum Gasteiger partial charge on any atom is 0.287 e. The molecule has 0 bridgehead atoms. The van der Waals surface area contributed by atoms with Gasteiger partial charge in [-0.2, -0.15) is 0 Å². The van der Waals surface area contributed by atoms with Gasteiger partial charge in [0.1, 0.15) is 11.3 Å². The lowest BCUT2D eigenvalue weighted by molar-refractivity contribution is -0.592. The van der Waals surface area contributed by atoms with E-state index in [0.717, 1.165) is 35.2 Å². The minimum atomic E-state index is -1.54. The second kappa shape index (κ2) is 7.15. The summed E-state index contributed by atoms with van der Waals surface area (Å²) in [6.07, 6.45) is 1.59. The standard InChI is InChI=1S/C28H25N3O4/c32-26-27(20-13-5-6-14-21(20)29-26)24-19-12-4-7-15-22(19)35-25(18-10-2-1-3-11-18)28(24,31(33)34)23-16-8-9-17-30(23)27/h1-7,10-15,23-25H,8-9,16-17H2,(H,29,32)/t23?,24-,25-,27-,28-/m1/s1. The van der Waals surface area contributed by atoms with Gasteiger partial charge in [-0.25, -0.2) is 0 Å². The van der Waals surface area contributed by atoms with Crippen LogP contribution in [0.25, 0.3) is 0 Å². The van der Waals surface area contributed by atoms with E-state index in [0.29, 0.717) is 18.7 Å². The Balaban J connectivity index is 1.62. The fraction of sp³-hybridized carbons (Fsp3) is 0.321. The average Bonchev–Trinajstić information content (AvgIpc) is 3.35. The lowest BCUT2D eigenvalue weighted by atomic mass is 9.63. The van der Waals surface area contributed by atoms with Gasteiger partial charge in [0, 0.05) is 28.3 Å². The van der Waals surface area contributed by atoms with E-state index in [4.69, 9.17) is 4.74 Å². The molecule has 4 aliphatic heterocycles. The molecule has 0 aliphatic carbocycles. The first-order valence-electron chi connectivity index (χ1n) is 12.2. The Morgan fingerprint density at radius 3 is 2.54 bits per heavy atom. The first kappa shape index (κ1) is 20.6. The van der Waals surface area contributed by atoms with Crippen molar-refractivity contribution >= 4 is 11.6 Å². The van der Waals surface area contributed by atoms with Crippen molar-refractivity contribution in [3.05, 3.63) is 106 Å². The summed E-state index contributed by atoms with van der Waals surface area (Å²) in [5.74, 6) is -0.282. The van der Waals surface area contributed by atoms with Gasteiger partial charge in [0.05, 0.1) is 12.0 Å². The molecule has 4 aliphatic rings. The number of piperidine rings is 1. The van der Waals surface area contributed by atoms with Crippen LogP contribution in [-0.4, -0.2) is 33.9 Å². The van der Waals surface area contributed by atoms with Crippen molar-refractivity contribution in [3.63, 3.8) is 0 Å². The molecule has 2 saturated heterocycles. The SMILES string of the molecule is O=C1Nc2ccccc2[C@@]12[C@H]1c3ccccc3O[C@H](c3ccccc3)[C@@]1([N+](=O)[O-])C1CCCCN12. The van der Waals surface area contributed by atoms with Gasteiger partial charge in [0.2, 0.25) is 0 Å². The minimum absolute atomic E-state index is 0.114. The maximum atomic E-state index is 14.2. The van der Waals surface area contributed by atoms with Gasteiger partial charge in [0.15, 0.2) is 6.10 Å². The second-order valence-corrected chi connectivity index (χ2v) is 9.99. The molecule has 3 aromatic rings. The van der Waals surface area contributed by atoms with Crippen LogP contribution >= 0.6 is 0 Å². The molecule has 1 N–H and O–H groups in total. The van der Waals surface area contributed by atoms with Crippen LogP contribution in [0.3, 0.4) is 0 Å². The first-order chi connectivity index (χ1) is 17.1. The van der Waals surface area contributed by atoms with Crippen molar-refractivity contribution in [2.45, 2.75) is 48.4 Å². The summed E-state index contributed by atoms with van der Waals surface area (Å²) in [6, 6.07) is 24.3. The van der Waals surface area contributed by atoms with Crippen molar-refractivity contribution in [1.29, 1.82) is 0 Å². The number of anilines is 1. The molecule has 35 heavy (non-hydrogen) atoms. The number of nitrogens with zero attached hydrogens (tertiary/aromatic N) is 2. The van der Waals surface area contributed by atoms with E-state index in [-0.39, 0.29) is 10.8 Å². The zero-order valence-electron chi connectivity index (χ0n) is 19.1. The lowest BCUT2D eigenvalue weighted by Gasteiger charge is -2.44. The Bertz CT molecular complexity index is 1360. The Labute approximate surface area is 202 Å². The number of hydrogen-bond donors (Lipinski definition) is 1. The van der Waals surface area contributed by atoms with Gasteiger partial charge in [-0.3, -0.25) is 19.8 Å². The van der Waals surface area contributed by atoms with E-state index in [1.807, 2.05) is 78.9 Å². The number of para-hydroxylation sites is 2. The van der Waals surface area contributed by atoms with Crippen LogP contribution in [0.15, 0.2) is 78.9 Å². The van der Waals surface area contributed by atoms with Crippen LogP contribution in [-0.2, 0) is 10.3 Å². The fourth-order valence-corrected chi connectivity index (χ4v) is 7.50. The quantitative estimate of drug-likeness (QED) is 0.439. The molecule has 5 atom stereocenters. The Morgan fingerprint density at radius 1 is 0.971 bits per heavy atom. The van der Waals surface area contributed by atoms with Crippen LogP contribution in [0.1, 0.15) is 48.0 Å². The van der Waals surface area contributed by atoms with Crippen LogP contribution in [0.2, 0.25) is 0 Å². The summed E-state index contributed by atoms with van der Waals surface area (Å²) in [6.45, 7) is 0.627. The summed E-state index contributed by atoms with van der Waals surface area (Å²) in [4.78, 5) is 29.7. The van der Waals surface area contributed by atoms with Gasteiger partial charge in [-0.05, 0) is 30.5 Å². The number of rotatable bonds is 2. The second-order valence-electron chi connectivity index (χ2n) is 9.99. The van der Waals surface area contributed by atoms with E-state index in [9.17, 15) is 14.9 Å². The average molecular weight is 468 g/mol. The zero-order chi connectivity index (χ0) is 23.8. The van der Waals surface area contributed by atoms with E-state index in [2.05, 4.69) is 10.2 Å². The number of nitro groups is 1. The fourth-order valence-electron chi connectivity index (χ4n) is 7.50. The monoisotopic (exact) mass is 467 g/mol. The predicted octanol–water partition coefficient (Wildman–Crippen LogP) is 4.64. The molecule has 1 unspecified atom stereocenters. The highest BCUT2D eigenvalue weighted by atomic mass is 16.6. The molecule has 176 valence electrons. The number of carbonyl (C=O) groups is 1. The zero-order valence-corrected chi connectivity index (χ0v) is 19.1. The number of benzene rings is 3. The van der Waals surface area contributed by atoms with Crippen molar-refractivity contribution < 1.29 is 14.5 Å². The predicted molar refractivity (Wildman–Crippen MR) is 130 cm³/mol. The number of hydrogen-bond acceptors (Lipinski definition) is 5. The van der Waals surface area contributed by atoms with Crippen molar-refractivity contribution in [2.24, 2.45) is 0 Å². The highest BCUT2D eigenvalue weighted by Gasteiger charge is 2.82. The molecule has 3 aromatic carbocycles. The highest BCUT2D eigenvalue weighted by molar-refractivity contribution is 6.07. The summed E-state index contributed by atoms with van der Waals surface area (Å²) in [7, 11) is 0. The normalized spacial score (nSPS) is 32.7. The topological polar surface area (TPSA) is 84.7 Å². The maximum absolute atomic E-state index is 14.2. The summed E-state index contributed by atoms with van der Waals surface area (Å²) in [5.41, 5.74) is 0.345. The van der Waals surface area contributed by atoms with E-state index in [1.165, 1.54) is 0 Å².